The van der Waals surface area contributed by atoms with Crippen LogP contribution >= 0.6 is 11.6 Å². The largest absolute Gasteiger partial charge is 0.409 e. The maximum absolute atomic E-state index is 11.7. The summed E-state index contributed by atoms with van der Waals surface area (Å²) >= 11 is 5.88. The van der Waals surface area contributed by atoms with Gasteiger partial charge in [-0.3, -0.25) is 4.72 Å². The Kier molecular flexibility index (Phi) is 4.42. The molecule has 0 aliphatic carbocycles. The average Bonchev–Trinajstić information content (AvgIpc) is 2.30. The molecular weight excluding hydrogens is 278 g/mol. The average molecular weight is 292 g/mol. The molecule has 0 aromatic heterocycles. The predicted molar refractivity (Wildman–Crippen MR) is 71.6 cm³/mol. The smallest absolute Gasteiger partial charge is 0.235 e. The number of hydrogen-bond acceptors (Lipinski definition) is 4. The van der Waals surface area contributed by atoms with E-state index in [1.165, 1.54) is 18.2 Å². The normalized spacial score (nSPS) is 12.8. The first-order chi connectivity index (χ1) is 8.27. The van der Waals surface area contributed by atoms with Crippen molar-refractivity contribution in [2.45, 2.75) is 19.1 Å². The lowest BCUT2D eigenvalue weighted by Gasteiger charge is -2.13. The molecule has 0 fully saturated rings. The van der Waals surface area contributed by atoms with Crippen LogP contribution in [0.1, 0.15) is 19.4 Å². The number of amidine groups is 1. The van der Waals surface area contributed by atoms with Gasteiger partial charge in [-0.2, -0.15) is 0 Å². The number of anilines is 1. The highest BCUT2D eigenvalue weighted by molar-refractivity contribution is 7.93. The minimum atomic E-state index is -3.50. The van der Waals surface area contributed by atoms with Gasteiger partial charge in [0.05, 0.1) is 16.0 Å². The second-order valence-corrected chi connectivity index (χ2v) is 6.52. The van der Waals surface area contributed by atoms with E-state index < -0.39 is 15.3 Å². The van der Waals surface area contributed by atoms with E-state index in [-0.39, 0.29) is 16.5 Å². The Labute approximate surface area is 110 Å². The quantitative estimate of drug-likeness (QED) is 0.339. The lowest BCUT2D eigenvalue weighted by Crippen LogP contribution is -2.23. The van der Waals surface area contributed by atoms with Crippen molar-refractivity contribution in [1.29, 1.82) is 0 Å². The third-order valence-corrected chi connectivity index (χ3v) is 4.32. The fourth-order valence-electron chi connectivity index (χ4n) is 1.09. The molecule has 0 bridgehead atoms. The van der Waals surface area contributed by atoms with Crippen molar-refractivity contribution in [3.05, 3.63) is 28.8 Å². The Hall–Kier alpha value is -1.47. The molecule has 0 saturated heterocycles. The summed E-state index contributed by atoms with van der Waals surface area (Å²) < 4.78 is 25.8. The summed E-state index contributed by atoms with van der Waals surface area (Å²) in [4.78, 5) is 0. The number of benzene rings is 1. The predicted octanol–water partition coefficient (Wildman–Crippen LogP) is 1.58. The molecule has 8 heteroatoms. The summed E-state index contributed by atoms with van der Waals surface area (Å²) in [5, 5.41) is 11.0. The Balaban J connectivity index is 3.18. The maximum Gasteiger partial charge on any atom is 0.235 e. The van der Waals surface area contributed by atoms with Gasteiger partial charge in [0.25, 0.3) is 0 Å². The topological polar surface area (TPSA) is 105 Å². The molecule has 0 atom stereocenters. The second-order valence-electron chi connectivity index (χ2n) is 3.88. The van der Waals surface area contributed by atoms with Crippen molar-refractivity contribution < 1.29 is 13.6 Å². The number of nitrogens with zero attached hydrogens (tertiary/aromatic N) is 1. The number of oxime groups is 1. The zero-order valence-electron chi connectivity index (χ0n) is 9.88. The number of sulfonamides is 1. The molecule has 0 spiro atoms. The Morgan fingerprint density at radius 1 is 1.50 bits per heavy atom. The minimum Gasteiger partial charge on any atom is -0.409 e. The lowest BCUT2D eigenvalue weighted by atomic mass is 10.2. The van der Waals surface area contributed by atoms with E-state index in [9.17, 15) is 8.42 Å². The van der Waals surface area contributed by atoms with Gasteiger partial charge in [0.1, 0.15) is 0 Å². The maximum atomic E-state index is 11.7. The van der Waals surface area contributed by atoms with Gasteiger partial charge in [-0.05, 0) is 32.0 Å². The molecule has 0 unspecified atom stereocenters. The van der Waals surface area contributed by atoms with E-state index in [0.717, 1.165) is 0 Å². The van der Waals surface area contributed by atoms with Crippen molar-refractivity contribution in [2.24, 2.45) is 10.9 Å². The first-order valence-electron chi connectivity index (χ1n) is 5.07. The molecular formula is C10H14ClN3O3S. The number of rotatable bonds is 4. The summed E-state index contributed by atoms with van der Waals surface area (Å²) in [6.45, 7) is 3.09. The van der Waals surface area contributed by atoms with Gasteiger partial charge >= 0.3 is 0 Å². The van der Waals surface area contributed by atoms with Gasteiger partial charge in [0, 0.05) is 5.56 Å². The SMILES string of the molecule is CC(C)S(=O)(=O)Nc1cc(C(N)=NO)ccc1Cl. The lowest BCUT2D eigenvalue weighted by molar-refractivity contribution is 0.318. The summed E-state index contributed by atoms with van der Waals surface area (Å²) in [5.74, 6) is -0.128. The van der Waals surface area contributed by atoms with Crippen LogP contribution in [0, 0.1) is 0 Å². The van der Waals surface area contributed by atoms with Crippen LogP contribution in [0.3, 0.4) is 0 Å². The molecule has 18 heavy (non-hydrogen) atoms. The number of nitrogens with one attached hydrogen (secondary N) is 1. The van der Waals surface area contributed by atoms with Gasteiger partial charge in [0.2, 0.25) is 10.0 Å². The van der Waals surface area contributed by atoms with E-state index in [1.54, 1.807) is 13.8 Å². The molecule has 100 valence electrons. The highest BCUT2D eigenvalue weighted by Crippen LogP contribution is 2.24. The molecule has 0 heterocycles. The van der Waals surface area contributed by atoms with E-state index in [2.05, 4.69) is 9.88 Å². The zero-order valence-corrected chi connectivity index (χ0v) is 11.5. The molecule has 6 nitrogen and oxygen atoms in total. The molecule has 0 saturated carbocycles. The van der Waals surface area contributed by atoms with Gasteiger partial charge in [-0.25, -0.2) is 8.42 Å². The molecule has 0 amide bonds. The van der Waals surface area contributed by atoms with Gasteiger partial charge in [0.15, 0.2) is 5.84 Å². The van der Waals surface area contributed by atoms with Crippen LogP contribution in [0.15, 0.2) is 23.4 Å². The highest BCUT2D eigenvalue weighted by Gasteiger charge is 2.17. The zero-order chi connectivity index (χ0) is 13.9. The first kappa shape index (κ1) is 14.6. The van der Waals surface area contributed by atoms with Crippen LogP contribution in [0.25, 0.3) is 0 Å². The third-order valence-electron chi connectivity index (χ3n) is 2.24. The van der Waals surface area contributed by atoms with Crippen molar-refractivity contribution in [1.82, 2.24) is 0 Å². The number of hydrogen-bond donors (Lipinski definition) is 3. The molecule has 0 aliphatic heterocycles. The molecule has 1 aromatic rings. The second kappa shape index (κ2) is 5.45. The highest BCUT2D eigenvalue weighted by atomic mass is 35.5. The van der Waals surface area contributed by atoms with Crippen LogP contribution in [0.4, 0.5) is 5.69 Å². The van der Waals surface area contributed by atoms with Crippen molar-refractivity contribution in [2.75, 3.05) is 4.72 Å². The van der Waals surface area contributed by atoms with Crippen LogP contribution in [0.2, 0.25) is 5.02 Å². The molecule has 1 rings (SSSR count). The van der Waals surface area contributed by atoms with Crippen LogP contribution in [0.5, 0.6) is 0 Å². The summed E-state index contributed by atoms with van der Waals surface area (Å²) in [6, 6.07) is 4.38. The first-order valence-corrected chi connectivity index (χ1v) is 6.99. The standard InChI is InChI=1S/C10H14ClN3O3S/c1-6(2)18(16,17)14-9-5-7(10(12)13-15)3-4-8(9)11/h3-6,14-15H,1-2H3,(H2,12,13). The van der Waals surface area contributed by atoms with Gasteiger partial charge in [-0.1, -0.05) is 16.8 Å². The molecule has 0 radical (unpaired) electrons. The summed E-state index contributed by atoms with van der Waals surface area (Å²) in [6.07, 6.45) is 0. The fourth-order valence-corrected chi connectivity index (χ4v) is 2.02. The monoisotopic (exact) mass is 291 g/mol. The van der Waals surface area contributed by atoms with E-state index >= 15 is 0 Å². The van der Waals surface area contributed by atoms with Gasteiger partial charge in [-0.15, -0.1) is 0 Å². The van der Waals surface area contributed by atoms with Crippen molar-refractivity contribution in [3.8, 4) is 0 Å². The molecule has 4 N–H and O–H groups in total. The fraction of sp³-hybridized carbons (Fsp3) is 0.300. The van der Waals surface area contributed by atoms with E-state index in [1.807, 2.05) is 0 Å². The van der Waals surface area contributed by atoms with Crippen LogP contribution in [-0.4, -0.2) is 24.7 Å². The van der Waals surface area contributed by atoms with E-state index in [0.29, 0.717) is 5.56 Å². The third kappa shape index (κ3) is 3.27. The van der Waals surface area contributed by atoms with Crippen molar-refractivity contribution >= 4 is 33.1 Å². The summed E-state index contributed by atoms with van der Waals surface area (Å²) in [7, 11) is -3.50. The van der Waals surface area contributed by atoms with Crippen molar-refractivity contribution in [3.63, 3.8) is 0 Å². The molecule has 1 aromatic carbocycles. The number of nitrogens with two attached hydrogens (primary N) is 1. The van der Waals surface area contributed by atoms with E-state index in [4.69, 9.17) is 22.5 Å². The molecule has 0 aliphatic rings. The Bertz CT molecular complexity index is 570. The van der Waals surface area contributed by atoms with Crippen LogP contribution < -0.4 is 10.5 Å². The van der Waals surface area contributed by atoms with Crippen LogP contribution in [-0.2, 0) is 10.0 Å². The minimum absolute atomic E-state index is 0.128. The number of halogens is 1. The summed E-state index contributed by atoms with van der Waals surface area (Å²) in [5.41, 5.74) is 5.97. The Morgan fingerprint density at radius 3 is 2.61 bits per heavy atom. The van der Waals surface area contributed by atoms with Gasteiger partial charge < -0.3 is 10.9 Å². The Morgan fingerprint density at radius 2 is 2.11 bits per heavy atom.